The van der Waals surface area contributed by atoms with Crippen LogP contribution < -0.4 is 9.47 Å². The molecule has 3 unspecified atom stereocenters. The topological polar surface area (TPSA) is 41.9 Å². The number of likely N-dealkylation sites (tertiary alicyclic amines) is 1. The van der Waals surface area contributed by atoms with E-state index in [1.807, 2.05) is 37.3 Å². The number of phenolic OH excluding ortho intramolecular Hbond substituents is 1. The monoisotopic (exact) mass is 491 g/mol. The largest absolute Gasteiger partial charge is 0.508 e. The quantitative estimate of drug-likeness (QED) is 0.402. The maximum absolute atomic E-state index is 14.2. The zero-order valence-corrected chi connectivity index (χ0v) is 20.6. The van der Waals surface area contributed by atoms with Crippen LogP contribution in [0, 0.1) is 11.7 Å². The van der Waals surface area contributed by atoms with E-state index in [1.165, 1.54) is 12.1 Å². The van der Waals surface area contributed by atoms with E-state index < -0.39 is 6.10 Å². The van der Waals surface area contributed by atoms with Crippen LogP contribution in [0.1, 0.15) is 43.1 Å². The molecule has 5 rings (SSSR count). The van der Waals surface area contributed by atoms with E-state index in [4.69, 9.17) is 9.47 Å². The van der Waals surface area contributed by atoms with E-state index in [-0.39, 0.29) is 30.2 Å². The number of phenols is 1. The molecule has 0 aromatic heterocycles. The van der Waals surface area contributed by atoms with Crippen molar-refractivity contribution in [2.24, 2.45) is 5.92 Å². The van der Waals surface area contributed by atoms with E-state index in [1.54, 1.807) is 24.3 Å². The van der Waals surface area contributed by atoms with Gasteiger partial charge in [-0.05, 0) is 86.0 Å². The first kappa shape index (κ1) is 24.3. The first-order valence-electron chi connectivity index (χ1n) is 12.4. The number of nitrogens with zero attached hydrogens (tertiary/aromatic N) is 1. The van der Waals surface area contributed by atoms with Crippen LogP contribution in [0.2, 0.25) is 0 Å². The fourth-order valence-corrected chi connectivity index (χ4v) is 5.15. The molecule has 6 heteroatoms. The van der Waals surface area contributed by atoms with Gasteiger partial charge in [-0.1, -0.05) is 24.3 Å². The van der Waals surface area contributed by atoms with Gasteiger partial charge < -0.3 is 14.6 Å². The average Bonchev–Trinajstić information content (AvgIpc) is 3.37. The molecule has 36 heavy (non-hydrogen) atoms. The van der Waals surface area contributed by atoms with E-state index >= 15 is 0 Å². The van der Waals surface area contributed by atoms with E-state index in [0.717, 1.165) is 53.1 Å². The van der Waals surface area contributed by atoms with Gasteiger partial charge in [0.2, 0.25) is 0 Å². The molecule has 1 N–H and O–H groups in total. The summed E-state index contributed by atoms with van der Waals surface area (Å²) in [6, 6.07) is 19.5. The first-order chi connectivity index (χ1) is 17.4. The van der Waals surface area contributed by atoms with Crippen molar-refractivity contribution in [3.63, 3.8) is 0 Å². The minimum Gasteiger partial charge on any atom is -0.508 e. The molecule has 2 heterocycles. The van der Waals surface area contributed by atoms with Crippen LogP contribution in [0.25, 0.3) is 11.1 Å². The van der Waals surface area contributed by atoms with Crippen molar-refractivity contribution in [3.05, 3.63) is 89.2 Å². The predicted molar refractivity (Wildman–Crippen MR) is 137 cm³/mol. The third kappa shape index (κ3) is 4.96. The number of allylic oxidation sites excluding steroid dienone is 1. The Morgan fingerprint density at radius 3 is 2.64 bits per heavy atom. The van der Waals surface area contributed by atoms with Crippen molar-refractivity contribution in [1.82, 2.24) is 4.90 Å². The van der Waals surface area contributed by atoms with Crippen molar-refractivity contribution in [3.8, 4) is 17.2 Å². The molecule has 0 saturated carbocycles. The van der Waals surface area contributed by atoms with Gasteiger partial charge in [0.1, 0.15) is 35.8 Å². The Morgan fingerprint density at radius 1 is 1.11 bits per heavy atom. The maximum atomic E-state index is 14.2. The van der Waals surface area contributed by atoms with Crippen LogP contribution in [0.15, 0.2) is 66.7 Å². The molecule has 3 atom stereocenters. The summed E-state index contributed by atoms with van der Waals surface area (Å²) in [5.41, 5.74) is 4.22. The summed E-state index contributed by atoms with van der Waals surface area (Å²) in [5.74, 6) is 1.39. The lowest BCUT2D eigenvalue weighted by Crippen LogP contribution is -2.35. The van der Waals surface area contributed by atoms with Crippen LogP contribution in [0.5, 0.6) is 17.2 Å². The predicted octanol–water partition coefficient (Wildman–Crippen LogP) is 6.65. The number of fused-ring (bicyclic) bond motifs is 1. The van der Waals surface area contributed by atoms with Gasteiger partial charge in [0.25, 0.3) is 0 Å². The molecule has 0 spiro atoms. The molecule has 2 aliphatic heterocycles. The van der Waals surface area contributed by atoms with Gasteiger partial charge in [-0.3, -0.25) is 9.29 Å². The fraction of sp³-hybridized carbons (Fsp3) is 0.333. The Balaban J connectivity index is 1.38. The molecule has 0 bridgehead atoms. The van der Waals surface area contributed by atoms with E-state index in [9.17, 15) is 13.9 Å². The van der Waals surface area contributed by atoms with Crippen LogP contribution in [-0.2, 0) is 0 Å². The summed E-state index contributed by atoms with van der Waals surface area (Å²) in [6.07, 6.45) is 0.458. The van der Waals surface area contributed by atoms with Gasteiger partial charge in [0.15, 0.2) is 0 Å². The zero-order valence-electron chi connectivity index (χ0n) is 20.6. The molecule has 3 aromatic rings. The molecule has 0 aliphatic carbocycles. The third-order valence-corrected chi connectivity index (χ3v) is 7.25. The summed E-state index contributed by atoms with van der Waals surface area (Å²) in [5, 5.41) is 10.0. The lowest BCUT2D eigenvalue weighted by atomic mass is 9.86. The van der Waals surface area contributed by atoms with Gasteiger partial charge in [0, 0.05) is 29.6 Å². The first-order valence-corrected chi connectivity index (χ1v) is 12.4. The Morgan fingerprint density at radius 2 is 1.92 bits per heavy atom. The smallest absolute Gasteiger partial charge is 0.150 e. The lowest BCUT2D eigenvalue weighted by Gasteiger charge is -2.31. The number of aromatic hydroxyl groups is 1. The minimum atomic E-state index is -0.445. The van der Waals surface area contributed by atoms with Gasteiger partial charge in [-0.2, -0.15) is 0 Å². The van der Waals surface area contributed by atoms with Crippen LogP contribution >= 0.6 is 0 Å². The normalized spacial score (nSPS) is 20.7. The number of halogens is 2. The molecular weight excluding hydrogens is 460 g/mol. The molecule has 188 valence electrons. The summed E-state index contributed by atoms with van der Waals surface area (Å²) in [4.78, 5) is 2.28. The standard InChI is InChI=1S/C30H31F2NO3/c1-19(33-13-12-21(16-31)17-33)18-35-26-9-6-22(7-10-26)30-29(23-4-3-5-24(32)14-23)20(2)27-15-25(34)8-11-28(27)36-30/h3-11,14-15,19,21,30,34H,12-13,16-18H2,1-2H3. The molecule has 4 nitrogen and oxygen atoms in total. The summed E-state index contributed by atoms with van der Waals surface area (Å²) in [7, 11) is 0. The molecule has 1 fully saturated rings. The van der Waals surface area contributed by atoms with Crippen molar-refractivity contribution in [2.45, 2.75) is 32.4 Å². The number of hydrogen-bond donors (Lipinski definition) is 1. The van der Waals surface area contributed by atoms with Crippen LogP contribution in [0.3, 0.4) is 0 Å². The van der Waals surface area contributed by atoms with Crippen molar-refractivity contribution in [2.75, 3.05) is 26.4 Å². The van der Waals surface area contributed by atoms with Gasteiger partial charge >= 0.3 is 0 Å². The second-order valence-corrected chi connectivity index (χ2v) is 9.76. The average molecular weight is 492 g/mol. The molecule has 0 radical (unpaired) electrons. The summed E-state index contributed by atoms with van der Waals surface area (Å²) in [6.45, 7) is 6.05. The van der Waals surface area contributed by atoms with Gasteiger partial charge in [-0.15, -0.1) is 0 Å². The zero-order chi connectivity index (χ0) is 25.2. The number of hydrogen-bond acceptors (Lipinski definition) is 4. The summed E-state index contributed by atoms with van der Waals surface area (Å²) < 4.78 is 39.6. The maximum Gasteiger partial charge on any atom is 0.150 e. The minimum absolute atomic E-state index is 0.139. The third-order valence-electron chi connectivity index (χ3n) is 7.25. The molecular formula is C30H31F2NO3. The highest BCUT2D eigenvalue weighted by Crippen LogP contribution is 2.47. The van der Waals surface area contributed by atoms with Gasteiger partial charge in [0.05, 0.1) is 6.67 Å². The van der Waals surface area contributed by atoms with Gasteiger partial charge in [-0.25, -0.2) is 4.39 Å². The van der Waals surface area contributed by atoms with Crippen LogP contribution in [-0.4, -0.2) is 42.4 Å². The fourth-order valence-electron chi connectivity index (χ4n) is 5.15. The van der Waals surface area contributed by atoms with Crippen molar-refractivity contribution < 1.29 is 23.4 Å². The number of benzene rings is 3. The Labute approximate surface area is 210 Å². The molecule has 0 amide bonds. The highest BCUT2D eigenvalue weighted by molar-refractivity contribution is 5.95. The molecule has 2 aliphatic rings. The highest BCUT2D eigenvalue weighted by atomic mass is 19.1. The molecule has 3 aromatic carbocycles. The van der Waals surface area contributed by atoms with Crippen molar-refractivity contribution >= 4 is 11.1 Å². The number of alkyl halides is 1. The van der Waals surface area contributed by atoms with Crippen molar-refractivity contribution in [1.29, 1.82) is 0 Å². The Bertz CT molecular complexity index is 1260. The van der Waals surface area contributed by atoms with E-state index in [2.05, 4.69) is 11.8 Å². The number of ether oxygens (including phenoxy) is 2. The second-order valence-electron chi connectivity index (χ2n) is 9.76. The molecule has 1 saturated heterocycles. The van der Waals surface area contributed by atoms with E-state index in [0.29, 0.717) is 12.4 Å². The number of rotatable bonds is 7. The highest BCUT2D eigenvalue weighted by Gasteiger charge is 2.30. The lowest BCUT2D eigenvalue weighted by molar-refractivity contribution is 0.165. The second kappa shape index (κ2) is 10.3. The summed E-state index contributed by atoms with van der Waals surface area (Å²) >= 11 is 0. The Kier molecular flexibility index (Phi) is 6.97. The SMILES string of the molecule is CC1=C(c2cccc(F)c2)C(c2ccc(OCC(C)N3CCC(CF)C3)cc2)Oc2ccc(O)cc21. The van der Waals surface area contributed by atoms with Crippen LogP contribution in [0.4, 0.5) is 8.78 Å². The Hall–Kier alpha value is -3.38.